The second-order valence-corrected chi connectivity index (χ2v) is 9.80. The van der Waals surface area contributed by atoms with Gasteiger partial charge in [-0.3, -0.25) is 0 Å². The molecular weight excluding hydrogens is 475 g/mol. The van der Waals surface area contributed by atoms with E-state index in [2.05, 4.69) is 15.4 Å². The van der Waals surface area contributed by atoms with Crippen molar-refractivity contribution >= 4 is 53.0 Å². The van der Waals surface area contributed by atoms with E-state index >= 15 is 0 Å². The summed E-state index contributed by atoms with van der Waals surface area (Å²) in [4.78, 5) is 35.7. The first kappa shape index (κ1) is 27.1. The number of rotatable bonds is 9. The summed E-state index contributed by atoms with van der Waals surface area (Å²) < 4.78 is 13.6. The number of nitrogens with one attached hydrogen (secondary N) is 2. The third-order valence-corrected chi connectivity index (χ3v) is 3.74. The number of hydrogen-bond acceptors (Lipinski definition) is 6. The van der Waals surface area contributed by atoms with Gasteiger partial charge in [-0.1, -0.05) is 65.1 Å². The van der Waals surface area contributed by atoms with Crippen molar-refractivity contribution in [1.82, 2.24) is 10.6 Å². The number of halogens is 3. The highest BCUT2D eigenvalue weighted by molar-refractivity contribution is 6.67. The maximum atomic E-state index is 12.3. The molecule has 1 aromatic rings. The summed E-state index contributed by atoms with van der Waals surface area (Å²) in [5.41, 5.74) is -0.280. The number of carbonyl (C=O) groups excluding carboxylic acids is 2. The van der Waals surface area contributed by atoms with Crippen LogP contribution in [0.1, 0.15) is 32.4 Å². The lowest BCUT2D eigenvalue weighted by atomic mass is 10.0. The van der Waals surface area contributed by atoms with Crippen molar-refractivity contribution < 1.29 is 33.7 Å². The molecule has 0 saturated heterocycles. The van der Waals surface area contributed by atoms with Crippen molar-refractivity contribution in [3.8, 4) is 0 Å². The van der Waals surface area contributed by atoms with Crippen LogP contribution in [0.15, 0.2) is 30.3 Å². The zero-order chi connectivity index (χ0) is 23.7. The Hall–Kier alpha value is -1.94. The maximum Gasteiger partial charge on any atom is 0.408 e. The van der Waals surface area contributed by atoms with Crippen LogP contribution in [0, 0.1) is 0 Å². The molecule has 2 atom stereocenters. The molecule has 0 spiro atoms. The van der Waals surface area contributed by atoms with Gasteiger partial charge >= 0.3 is 18.2 Å². The minimum absolute atomic E-state index is 0.0869. The molecule has 0 heterocycles. The van der Waals surface area contributed by atoms with Crippen molar-refractivity contribution in [3.05, 3.63) is 35.9 Å². The van der Waals surface area contributed by atoms with Crippen LogP contribution in [0.5, 0.6) is 0 Å². The Morgan fingerprint density at radius 2 is 1.68 bits per heavy atom. The molecule has 2 amide bonds. The van der Waals surface area contributed by atoms with Crippen LogP contribution >= 0.6 is 34.8 Å². The largest absolute Gasteiger partial charge is 0.479 e. The zero-order valence-corrected chi connectivity index (χ0v) is 19.5. The summed E-state index contributed by atoms with van der Waals surface area (Å²) in [5, 5.41) is 14.5. The summed E-state index contributed by atoms with van der Waals surface area (Å²) in [6.45, 7) is 4.31. The molecule has 0 aliphatic heterocycles. The van der Waals surface area contributed by atoms with Crippen molar-refractivity contribution in [1.29, 1.82) is 0 Å². The minimum atomic E-state index is -1.75. The van der Waals surface area contributed by atoms with Gasteiger partial charge in [-0.25, -0.2) is 14.4 Å². The van der Waals surface area contributed by atoms with Crippen LogP contribution < -0.4 is 10.6 Å². The molecule has 31 heavy (non-hydrogen) atoms. The first-order valence-corrected chi connectivity index (χ1v) is 10.3. The predicted molar refractivity (Wildman–Crippen MR) is 116 cm³/mol. The highest BCUT2D eigenvalue weighted by Gasteiger charge is 2.33. The summed E-state index contributed by atoms with van der Waals surface area (Å²) in [6, 6.07) is 7.38. The number of carboxylic acids is 1. The van der Waals surface area contributed by atoms with Gasteiger partial charge in [0.15, 0.2) is 6.10 Å². The van der Waals surface area contributed by atoms with E-state index in [0.717, 1.165) is 0 Å². The Bertz CT molecular complexity index is 736. The lowest BCUT2D eigenvalue weighted by Gasteiger charge is -2.27. The fraction of sp³-hybridized carbons (Fsp3) is 0.526. The Labute approximate surface area is 195 Å². The number of alkyl carbamates (subject to hydrolysis) is 2. The molecule has 1 aromatic carbocycles. The summed E-state index contributed by atoms with van der Waals surface area (Å²) in [7, 11) is 0. The monoisotopic (exact) mass is 498 g/mol. The molecule has 0 aliphatic carbocycles. The smallest absolute Gasteiger partial charge is 0.408 e. The number of carbonyl (C=O) groups is 3. The van der Waals surface area contributed by atoms with E-state index in [1.54, 1.807) is 51.1 Å². The van der Waals surface area contributed by atoms with E-state index in [9.17, 15) is 19.5 Å². The molecule has 0 aliphatic rings. The van der Waals surface area contributed by atoms with Gasteiger partial charge < -0.3 is 30.0 Å². The first-order chi connectivity index (χ1) is 14.3. The number of ether oxygens (including phenoxy) is 3. The Balaban J connectivity index is 2.77. The standard InChI is InChI=1S/C19H25Cl3N2O7/c1-18(2,3)31-17(28)24-13(12-7-5-4-6-8-12)14(15(25)26)29-10-9-23-16(27)30-11-19(20,21)22/h4-8,13-14H,9-11H2,1-3H3,(H,23,27)(H,24,28)(H,25,26)/t13-,14+/m0/s1. The van der Waals surface area contributed by atoms with Crippen molar-refractivity contribution in [2.75, 3.05) is 19.8 Å². The highest BCUT2D eigenvalue weighted by Crippen LogP contribution is 2.25. The normalized spacial score (nSPS) is 13.6. The number of aliphatic carboxylic acids is 1. The van der Waals surface area contributed by atoms with Crippen LogP contribution in [-0.4, -0.2) is 58.5 Å². The van der Waals surface area contributed by atoms with Crippen molar-refractivity contribution in [3.63, 3.8) is 0 Å². The number of carboxylic acid groups (broad SMARTS) is 1. The second-order valence-electron chi connectivity index (χ2n) is 7.28. The van der Waals surface area contributed by atoms with Crippen molar-refractivity contribution in [2.45, 2.75) is 42.3 Å². The Kier molecular flexibility index (Phi) is 10.7. The zero-order valence-electron chi connectivity index (χ0n) is 17.2. The molecule has 0 fully saturated rings. The van der Waals surface area contributed by atoms with E-state index in [-0.39, 0.29) is 13.2 Å². The lowest BCUT2D eigenvalue weighted by molar-refractivity contribution is -0.152. The first-order valence-electron chi connectivity index (χ1n) is 9.15. The quantitative estimate of drug-likeness (QED) is 0.348. The fourth-order valence-corrected chi connectivity index (χ4v) is 2.44. The average molecular weight is 500 g/mol. The van der Waals surface area contributed by atoms with Gasteiger partial charge in [-0.05, 0) is 26.3 Å². The second kappa shape index (κ2) is 12.2. The Morgan fingerprint density at radius 3 is 2.19 bits per heavy atom. The van der Waals surface area contributed by atoms with Gasteiger partial charge in [0.05, 0.1) is 12.6 Å². The van der Waals surface area contributed by atoms with Crippen molar-refractivity contribution in [2.24, 2.45) is 0 Å². The van der Waals surface area contributed by atoms with Gasteiger partial charge in [0, 0.05) is 6.54 Å². The molecule has 0 aromatic heterocycles. The molecule has 0 radical (unpaired) electrons. The number of benzene rings is 1. The number of amides is 2. The molecule has 12 heteroatoms. The van der Waals surface area contributed by atoms with Gasteiger partial charge in [-0.2, -0.15) is 0 Å². The summed E-state index contributed by atoms with van der Waals surface area (Å²) in [6.07, 6.45) is -3.13. The van der Waals surface area contributed by atoms with Crippen LogP contribution in [0.25, 0.3) is 0 Å². The number of alkyl halides is 3. The third-order valence-electron chi connectivity index (χ3n) is 3.41. The van der Waals surface area contributed by atoms with Crippen LogP contribution in [-0.2, 0) is 19.0 Å². The van der Waals surface area contributed by atoms with E-state index in [4.69, 9.17) is 44.3 Å². The van der Waals surface area contributed by atoms with Crippen LogP contribution in [0.4, 0.5) is 9.59 Å². The molecule has 3 N–H and O–H groups in total. The fourth-order valence-electron chi connectivity index (χ4n) is 2.28. The lowest BCUT2D eigenvalue weighted by Crippen LogP contribution is -2.44. The van der Waals surface area contributed by atoms with E-state index in [1.807, 2.05) is 0 Å². The highest BCUT2D eigenvalue weighted by atomic mass is 35.6. The van der Waals surface area contributed by atoms with Gasteiger partial charge in [-0.15, -0.1) is 0 Å². The number of hydrogen-bond donors (Lipinski definition) is 3. The molecule has 174 valence electrons. The minimum Gasteiger partial charge on any atom is -0.479 e. The molecule has 9 nitrogen and oxygen atoms in total. The average Bonchev–Trinajstić information content (AvgIpc) is 2.63. The molecule has 0 bridgehead atoms. The van der Waals surface area contributed by atoms with Gasteiger partial charge in [0.2, 0.25) is 3.79 Å². The Morgan fingerprint density at radius 1 is 1.06 bits per heavy atom. The SMILES string of the molecule is CC(C)(C)OC(=O)N[C@@H](c1ccccc1)[C@@H](OCCNC(=O)OCC(Cl)(Cl)Cl)C(=O)O. The predicted octanol–water partition coefficient (Wildman–Crippen LogP) is 3.82. The van der Waals surface area contributed by atoms with E-state index < -0.39 is 46.3 Å². The van der Waals surface area contributed by atoms with Crippen LogP contribution in [0.3, 0.4) is 0 Å². The summed E-state index contributed by atoms with van der Waals surface area (Å²) >= 11 is 16.4. The summed E-state index contributed by atoms with van der Waals surface area (Å²) in [5.74, 6) is -1.32. The van der Waals surface area contributed by atoms with E-state index in [1.165, 1.54) is 0 Å². The van der Waals surface area contributed by atoms with Crippen LogP contribution in [0.2, 0.25) is 0 Å². The molecule has 0 unspecified atom stereocenters. The molecular formula is C19H25Cl3N2O7. The maximum absolute atomic E-state index is 12.3. The van der Waals surface area contributed by atoms with Gasteiger partial charge in [0.25, 0.3) is 0 Å². The third kappa shape index (κ3) is 11.9. The topological polar surface area (TPSA) is 123 Å². The molecule has 0 saturated carbocycles. The van der Waals surface area contributed by atoms with Gasteiger partial charge in [0.1, 0.15) is 12.2 Å². The molecule has 1 rings (SSSR count). The van der Waals surface area contributed by atoms with E-state index in [0.29, 0.717) is 5.56 Å².